The average Bonchev–Trinajstić information content (AvgIpc) is 2.96. The molecule has 2 amide bonds. The Bertz CT molecular complexity index is 667. The molecule has 116 valence electrons. The van der Waals surface area contributed by atoms with Gasteiger partial charge in [0.15, 0.2) is 0 Å². The van der Waals surface area contributed by atoms with Crippen LogP contribution < -0.4 is 5.32 Å². The number of nitrogens with zero attached hydrogens (tertiary/aromatic N) is 2. The van der Waals surface area contributed by atoms with Crippen LogP contribution in [0.1, 0.15) is 30.3 Å². The van der Waals surface area contributed by atoms with Gasteiger partial charge < -0.3 is 10.2 Å². The van der Waals surface area contributed by atoms with Crippen LogP contribution >= 0.6 is 27.3 Å². The molecule has 1 fully saturated rings. The summed E-state index contributed by atoms with van der Waals surface area (Å²) in [6, 6.07) is 8.17. The summed E-state index contributed by atoms with van der Waals surface area (Å²) < 4.78 is 1.95. The highest BCUT2D eigenvalue weighted by molar-refractivity contribution is 9.11. The number of urea groups is 1. The van der Waals surface area contributed by atoms with Crippen LogP contribution in [-0.2, 0) is 0 Å². The molecule has 0 bridgehead atoms. The zero-order valence-corrected chi connectivity index (χ0v) is 14.6. The van der Waals surface area contributed by atoms with Gasteiger partial charge in [0, 0.05) is 11.0 Å². The molecule has 1 aliphatic rings. The number of piperidine rings is 1. The van der Waals surface area contributed by atoms with Crippen LogP contribution in [0.5, 0.6) is 0 Å². The van der Waals surface area contributed by atoms with Gasteiger partial charge in [-0.1, -0.05) is 34.6 Å². The van der Waals surface area contributed by atoms with Gasteiger partial charge in [0.2, 0.25) is 0 Å². The molecular formula is C16H18BrN3OS. The van der Waals surface area contributed by atoms with E-state index in [1.807, 2.05) is 23.1 Å². The van der Waals surface area contributed by atoms with Gasteiger partial charge in [-0.2, -0.15) is 0 Å². The van der Waals surface area contributed by atoms with E-state index in [2.05, 4.69) is 33.9 Å². The average molecular weight is 380 g/mol. The number of rotatable bonds is 3. The maximum atomic E-state index is 12.4. The van der Waals surface area contributed by atoms with Crippen LogP contribution in [0.25, 0.3) is 10.2 Å². The third-order valence-electron chi connectivity index (χ3n) is 3.79. The molecule has 1 aliphatic heterocycles. The Hall–Kier alpha value is -1.40. The van der Waals surface area contributed by atoms with Gasteiger partial charge in [-0.25, -0.2) is 9.78 Å². The first-order valence-corrected chi connectivity index (χ1v) is 8.99. The lowest BCUT2D eigenvalue weighted by molar-refractivity contribution is 0.152. The van der Waals surface area contributed by atoms with Crippen LogP contribution in [0.2, 0.25) is 0 Å². The normalized spacial score (nSPS) is 18.4. The molecule has 1 aromatic heterocycles. The van der Waals surface area contributed by atoms with Crippen LogP contribution in [0, 0.1) is 0 Å². The van der Waals surface area contributed by atoms with Gasteiger partial charge in [0.25, 0.3) is 0 Å². The van der Waals surface area contributed by atoms with E-state index in [0.29, 0.717) is 6.54 Å². The number of carbonyl (C=O) groups is 1. The van der Waals surface area contributed by atoms with Crippen molar-refractivity contribution in [1.29, 1.82) is 0 Å². The Kier molecular flexibility index (Phi) is 4.78. The van der Waals surface area contributed by atoms with Gasteiger partial charge in [0.1, 0.15) is 5.01 Å². The third kappa shape index (κ3) is 3.33. The van der Waals surface area contributed by atoms with E-state index in [9.17, 15) is 4.79 Å². The minimum absolute atomic E-state index is 0.0374. The summed E-state index contributed by atoms with van der Waals surface area (Å²) in [7, 11) is 0. The Morgan fingerprint density at radius 3 is 3.05 bits per heavy atom. The van der Waals surface area contributed by atoms with Crippen molar-refractivity contribution in [3.05, 3.63) is 40.3 Å². The van der Waals surface area contributed by atoms with Gasteiger partial charge in [0.05, 0.1) is 22.8 Å². The van der Waals surface area contributed by atoms with E-state index in [1.165, 1.54) is 4.70 Å². The molecule has 0 saturated carbocycles. The number of nitrogens with one attached hydrogen (secondary N) is 1. The van der Waals surface area contributed by atoms with Crippen LogP contribution in [0.3, 0.4) is 0 Å². The van der Waals surface area contributed by atoms with Gasteiger partial charge in [-0.3, -0.25) is 0 Å². The fourth-order valence-corrected chi connectivity index (χ4v) is 3.99. The Labute approximate surface area is 142 Å². The first-order valence-electron chi connectivity index (χ1n) is 7.38. The lowest BCUT2D eigenvalue weighted by atomic mass is 10.0. The number of fused-ring (bicyclic) bond motifs is 1. The predicted octanol–water partition coefficient (Wildman–Crippen LogP) is 4.44. The fourth-order valence-electron chi connectivity index (χ4n) is 2.74. The number of aromatic nitrogens is 1. The zero-order valence-electron chi connectivity index (χ0n) is 12.2. The lowest BCUT2D eigenvalue weighted by Gasteiger charge is -2.34. The molecule has 6 heteroatoms. The van der Waals surface area contributed by atoms with Gasteiger partial charge in [-0.15, -0.1) is 11.3 Å². The Morgan fingerprint density at radius 1 is 1.45 bits per heavy atom. The first-order chi connectivity index (χ1) is 10.6. The van der Waals surface area contributed by atoms with Crippen molar-refractivity contribution in [1.82, 2.24) is 15.2 Å². The molecule has 1 saturated heterocycles. The topological polar surface area (TPSA) is 45.2 Å². The van der Waals surface area contributed by atoms with Crippen molar-refractivity contribution in [3.63, 3.8) is 0 Å². The predicted molar refractivity (Wildman–Crippen MR) is 94.4 cm³/mol. The Morgan fingerprint density at radius 2 is 2.27 bits per heavy atom. The van der Waals surface area contributed by atoms with Crippen molar-refractivity contribution in [2.24, 2.45) is 0 Å². The molecule has 1 unspecified atom stereocenters. The summed E-state index contributed by atoms with van der Waals surface area (Å²) in [5.41, 5.74) is 1.02. The molecule has 4 nitrogen and oxygen atoms in total. The molecule has 0 spiro atoms. The van der Waals surface area contributed by atoms with Crippen LogP contribution in [0.4, 0.5) is 4.79 Å². The molecule has 1 N–H and O–H groups in total. The van der Waals surface area contributed by atoms with Crippen molar-refractivity contribution in [3.8, 4) is 0 Å². The molecule has 2 heterocycles. The number of halogens is 1. The zero-order chi connectivity index (χ0) is 15.5. The van der Waals surface area contributed by atoms with E-state index < -0.39 is 0 Å². The second-order valence-corrected chi connectivity index (χ2v) is 7.58. The first kappa shape index (κ1) is 15.5. The third-order valence-corrected chi connectivity index (χ3v) is 5.21. The van der Waals surface area contributed by atoms with Crippen molar-refractivity contribution >= 4 is 43.5 Å². The summed E-state index contributed by atoms with van der Waals surface area (Å²) in [6.07, 6.45) is 3.15. The summed E-state index contributed by atoms with van der Waals surface area (Å²) in [5.74, 6) is 0. The minimum Gasteiger partial charge on any atom is -0.333 e. The summed E-state index contributed by atoms with van der Waals surface area (Å²) in [5, 5.41) is 3.94. The van der Waals surface area contributed by atoms with E-state index in [-0.39, 0.29) is 12.1 Å². The number of thiazole rings is 1. The van der Waals surface area contributed by atoms with E-state index >= 15 is 0 Å². The maximum absolute atomic E-state index is 12.4. The maximum Gasteiger partial charge on any atom is 0.318 e. The number of amides is 2. The van der Waals surface area contributed by atoms with Crippen LogP contribution in [-0.4, -0.2) is 29.0 Å². The monoisotopic (exact) mass is 379 g/mol. The van der Waals surface area contributed by atoms with Gasteiger partial charge in [-0.05, 0) is 31.4 Å². The molecule has 0 radical (unpaired) electrons. The van der Waals surface area contributed by atoms with Gasteiger partial charge >= 0.3 is 6.03 Å². The summed E-state index contributed by atoms with van der Waals surface area (Å²) in [4.78, 5) is 19.1. The lowest BCUT2D eigenvalue weighted by Crippen LogP contribution is -2.44. The highest BCUT2D eigenvalue weighted by atomic mass is 79.9. The molecular weight excluding hydrogens is 362 g/mol. The highest BCUT2D eigenvalue weighted by Gasteiger charge is 2.30. The summed E-state index contributed by atoms with van der Waals surface area (Å²) >= 11 is 4.96. The van der Waals surface area contributed by atoms with E-state index in [4.69, 9.17) is 4.98 Å². The quantitative estimate of drug-likeness (QED) is 0.856. The number of carbonyl (C=O) groups excluding carboxylic acids is 1. The van der Waals surface area contributed by atoms with Crippen molar-refractivity contribution < 1.29 is 4.79 Å². The minimum atomic E-state index is -0.0374. The van der Waals surface area contributed by atoms with E-state index in [1.54, 1.807) is 11.3 Å². The van der Waals surface area contributed by atoms with Crippen LogP contribution in [0.15, 0.2) is 35.3 Å². The summed E-state index contributed by atoms with van der Waals surface area (Å²) in [6.45, 7) is 4.98. The standard InChI is InChI=1S/C16H18BrN3OS/c1-11(17)10-18-16(21)20-9-5-4-7-13(20)15-19-12-6-2-3-8-14(12)22-15/h2-3,6,8,13H,1,4-5,7,9-10H2,(H,18,21). The highest BCUT2D eigenvalue weighted by Crippen LogP contribution is 2.35. The molecule has 3 rings (SSSR count). The Balaban J connectivity index is 1.82. The second-order valence-electron chi connectivity index (χ2n) is 5.40. The molecule has 1 aromatic carbocycles. The number of hydrogen-bond donors (Lipinski definition) is 1. The fraction of sp³-hybridized carbons (Fsp3) is 0.375. The molecule has 0 aliphatic carbocycles. The largest absolute Gasteiger partial charge is 0.333 e. The molecule has 1 atom stereocenters. The number of likely N-dealkylation sites (tertiary alicyclic amines) is 1. The van der Waals surface area contributed by atoms with Crippen molar-refractivity contribution in [2.75, 3.05) is 13.1 Å². The second kappa shape index (κ2) is 6.79. The smallest absolute Gasteiger partial charge is 0.318 e. The molecule has 22 heavy (non-hydrogen) atoms. The number of para-hydroxylation sites is 1. The van der Waals surface area contributed by atoms with Crippen molar-refractivity contribution in [2.45, 2.75) is 25.3 Å². The SMILES string of the molecule is C=C(Br)CNC(=O)N1CCCCC1c1nc2ccccc2s1. The number of benzene rings is 1. The van der Waals surface area contributed by atoms with E-state index in [0.717, 1.165) is 40.8 Å². The number of hydrogen-bond acceptors (Lipinski definition) is 3. The molecule has 2 aromatic rings.